The average molecular weight is 354 g/mol. The second-order valence-electron chi connectivity index (χ2n) is 8.50. The fourth-order valence-electron chi connectivity index (χ4n) is 3.92. The number of unbranched alkanes of at least 4 members (excludes halogenated alkanes) is 15. The van der Waals surface area contributed by atoms with Gasteiger partial charge in [0.15, 0.2) is 0 Å². The van der Waals surface area contributed by atoms with E-state index in [1.807, 2.05) is 0 Å². The average Bonchev–Trinajstić information content (AvgIpc) is 2.60. The summed E-state index contributed by atoms with van der Waals surface area (Å²) in [7, 11) is 4.49. The summed E-state index contributed by atoms with van der Waals surface area (Å²) in [6, 6.07) is 0.816. The van der Waals surface area contributed by atoms with E-state index in [0.717, 1.165) is 6.04 Å². The van der Waals surface area contributed by atoms with E-state index in [-0.39, 0.29) is 0 Å². The Labute approximate surface area is 161 Å². The zero-order chi connectivity index (χ0) is 18.6. The standard InChI is InChI=1S/C24H51N/c1-5-7-8-9-10-11-12-13-14-15-16-17-18-19-20-21-23-24(22-6-2)25(3)4/h24H,5-23H2,1-4H3. The Morgan fingerprint density at radius 1 is 0.440 bits per heavy atom. The van der Waals surface area contributed by atoms with Crippen molar-refractivity contribution in [1.29, 1.82) is 0 Å². The Kier molecular flexibility index (Phi) is 20.2. The maximum Gasteiger partial charge on any atom is 0.00890 e. The normalized spacial score (nSPS) is 12.8. The molecule has 0 spiro atoms. The quantitative estimate of drug-likeness (QED) is 0.199. The highest BCUT2D eigenvalue weighted by Crippen LogP contribution is 2.16. The summed E-state index contributed by atoms with van der Waals surface area (Å²) < 4.78 is 0. The summed E-state index contributed by atoms with van der Waals surface area (Å²) in [6.45, 7) is 4.61. The molecular formula is C24H51N. The molecule has 0 aromatic carbocycles. The van der Waals surface area contributed by atoms with Crippen molar-refractivity contribution in [2.24, 2.45) is 0 Å². The highest BCUT2D eigenvalue weighted by atomic mass is 15.1. The lowest BCUT2D eigenvalue weighted by Crippen LogP contribution is -2.27. The van der Waals surface area contributed by atoms with Gasteiger partial charge in [0.1, 0.15) is 0 Å². The number of rotatable bonds is 20. The Bertz CT molecular complexity index is 236. The molecule has 0 fully saturated rings. The Balaban J connectivity index is 3.16. The highest BCUT2D eigenvalue weighted by molar-refractivity contribution is 4.65. The van der Waals surface area contributed by atoms with Gasteiger partial charge < -0.3 is 4.90 Å². The molecule has 1 atom stereocenters. The van der Waals surface area contributed by atoms with E-state index in [4.69, 9.17) is 0 Å². The van der Waals surface area contributed by atoms with E-state index < -0.39 is 0 Å². The first-order valence-electron chi connectivity index (χ1n) is 11.9. The molecule has 0 rings (SSSR count). The molecular weight excluding hydrogens is 302 g/mol. The van der Waals surface area contributed by atoms with Crippen molar-refractivity contribution >= 4 is 0 Å². The lowest BCUT2D eigenvalue weighted by atomic mass is 10.0. The number of nitrogens with zero attached hydrogens (tertiary/aromatic N) is 1. The molecule has 25 heavy (non-hydrogen) atoms. The van der Waals surface area contributed by atoms with Gasteiger partial charge in [0.25, 0.3) is 0 Å². The van der Waals surface area contributed by atoms with Crippen LogP contribution in [-0.4, -0.2) is 25.0 Å². The van der Waals surface area contributed by atoms with Crippen LogP contribution in [0.3, 0.4) is 0 Å². The van der Waals surface area contributed by atoms with Crippen molar-refractivity contribution in [1.82, 2.24) is 4.90 Å². The van der Waals surface area contributed by atoms with E-state index >= 15 is 0 Å². The number of hydrogen-bond donors (Lipinski definition) is 0. The molecule has 0 aliphatic rings. The SMILES string of the molecule is CCCCCCCCCCCCCCCCCCC(CCC)N(C)C. The molecule has 0 saturated heterocycles. The monoisotopic (exact) mass is 353 g/mol. The van der Waals surface area contributed by atoms with Gasteiger partial charge in [0.05, 0.1) is 0 Å². The summed E-state index contributed by atoms with van der Waals surface area (Å²) in [4.78, 5) is 2.43. The first-order valence-corrected chi connectivity index (χ1v) is 11.9. The Hall–Kier alpha value is -0.0400. The summed E-state index contributed by atoms with van der Waals surface area (Å²) in [5.74, 6) is 0. The maximum absolute atomic E-state index is 2.43. The van der Waals surface area contributed by atoms with Crippen molar-refractivity contribution < 1.29 is 0 Å². The predicted molar refractivity (Wildman–Crippen MR) is 117 cm³/mol. The third-order valence-corrected chi connectivity index (χ3v) is 5.74. The minimum atomic E-state index is 0.816. The molecule has 152 valence electrons. The first kappa shape index (κ1) is 25.0. The van der Waals surface area contributed by atoms with E-state index in [0.29, 0.717) is 0 Å². The van der Waals surface area contributed by atoms with E-state index in [1.165, 1.54) is 122 Å². The lowest BCUT2D eigenvalue weighted by Gasteiger charge is -2.23. The largest absolute Gasteiger partial charge is 0.306 e. The molecule has 0 N–H and O–H groups in total. The molecule has 1 unspecified atom stereocenters. The summed E-state index contributed by atoms with van der Waals surface area (Å²) in [6.07, 6.45) is 27.5. The Morgan fingerprint density at radius 3 is 1.12 bits per heavy atom. The van der Waals surface area contributed by atoms with E-state index in [1.54, 1.807) is 0 Å². The van der Waals surface area contributed by atoms with Crippen molar-refractivity contribution in [3.63, 3.8) is 0 Å². The topological polar surface area (TPSA) is 3.24 Å². The first-order chi connectivity index (χ1) is 12.2. The van der Waals surface area contributed by atoms with Crippen molar-refractivity contribution in [3.05, 3.63) is 0 Å². The smallest absolute Gasteiger partial charge is 0.00890 e. The molecule has 0 amide bonds. The second-order valence-corrected chi connectivity index (χ2v) is 8.50. The fraction of sp³-hybridized carbons (Fsp3) is 1.00. The van der Waals surface area contributed by atoms with Gasteiger partial charge in [-0.15, -0.1) is 0 Å². The van der Waals surface area contributed by atoms with Crippen LogP contribution in [-0.2, 0) is 0 Å². The van der Waals surface area contributed by atoms with Crippen LogP contribution >= 0.6 is 0 Å². The van der Waals surface area contributed by atoms with Crippen LogP contribution in [0.4, 0.5) is 0 Å². The third kappa shape index (κ3) is 18.5. The molecule has 0 aliphatic carbocycles. The van der Waals surface area contributed by atoms with Gasteiger partial charge in [-0.1, -0.05) is 123 Å². The molecule has 0 aromatic rings. The molecule has 0 aliphatic heterocycles. The van der Waals surface area contributed by atoms with Gasteiger partial charge >= 0.3 is 0 Å². The van der Waals surface area contributed by atoms with Crippen molar-refractivity contribution in [2.45, 2.75) is 142 Å². The number of hydrogen-bond acceptors (Lipinski definition) is 1. The van der Waals surface area contributed by atoms with Crippen LogP contribution < -0.4 is 0 Å². The molecule has 0 bridgehead atoms. The summed E-state index contributed by atoms with van der Waals surface area (Å²) >= 11 is 0. The zero-order valence-electron chi connectivity index (χ0n) is 18.5. The van der Waals surface area contributed by atoms with Gasteiger partial charge in [-0.3, -0.25) is 0 Å². The molecule has 0 saturated carbocycles. The van der Waals surface area contributed by atoms with Crippen LogP contribution in [0.5, 0.6) is 0 Å². The molecule has 1 nitrogen and oxygen atoms in total. The van der Waals surface area contributed by atoms with E-state index in [2.05, 4.69) is 32.8 Å². The second kappa shape index (κ2) is 20.3. The van der Waals surface area contributed by atoms with Gasteiger partial charge in [0, 0.05) is 6.04 Å². The lowest BCUT2D eigenvalue weighted by molar-refractivity contribution is 0.256. The molecule has 0 radical (unpaired) electrons. The van der Waals surface area contributed by atoms with Crippen LogP contribution in [0, 0.1) is 0 Å². The van der Waals surface area contributed by atoms with Crippen LogP contribution in [0.25, 0.3) is 0 Å². The van der Waals surface area contributed by atoms with Crippen LogP contribution in [0.15, 0.2) is 0 Å². The fourth-order valence-corrected chi connectivity index (χ4v) is 3.92. The summed E-state index contributed by atoms with van der Waals surface area (Å²) in [5.41, 5.74) is 0. The zero-order valence-corrected chi connectivity index (χ0v) is 18.5. The predicted octanol–water partition coefficient (Wildman–Crippen LogP) is 8.37. The molecule has 0 heterocycles. The molecule has 0 aromatic heterocycles. The van der Waals surface area contributed by atoms with Crippen molar-refractivity contribution in [3.8, 4) is 0 Å². The van der Waals surface area contributed by atoms with Gasteiger partial charge in [-0.25, -0.2) is 0 Å². The van der Waals surface area contributed by atoms with Gasteiger partial charge in [0.2, 0.25) is 0 Å². The Morgan fingerprint density at radius 2 is 0.800 bits per heavy atom. The minimum Gasteiger partial charge on any atom is -0.306 e. The maximum atomic E-state index is 2.43. The summed E-state index contributed by atoms with van der Waals surface area (Å²) in [5, 5.41) is 0. The van der Waals surface area contributed by atoms with Gasteiger partial charge in [-0.2, -0.15) is 0 Å². The van der Waals surface area contributed by atoms with Crippen molar-refractivity contribution in [2.75, 3.05) is 14.1 Å². The van der Waals surface area contributed by atoms with E-state index in [9.17, 15) is 0 Å². The van der Waals surface area contributed by atoms with Crippen LogP contribution in [0.1, 0.15) is 136 Å². The third-order valence-electron chi connectivity index (χ3n) is 5.74. The molecule has 1 heteroatoms. The minimum absolute atomic E-state index is 0.816. The van der Waals surface area contributed by atoms with Gasteiger partial charge in [-0.05, 0) is 26.9 Å². The highest BCUT2D eigenvalue weighted by Gasteiger charge is 2.09. The van der Waals surface area contributed by atoms with Crippen LogP contribution in [0.2, 0.25) is 0 Å².